The van der Waals surface area contributed by atoms with Gasteiger partial charge in [-0.1, -0.05) is 17.7 Å². The van der Waals surface area contributed by atoms with Gasteiger partial charge in [0, 0.05) is 18.7 Å². The molecule has 2 N–H and O–H groups in total. The Labute approximate surface area is 231 Å². The highest BCUT2D eigenvalue weighted by molar-refractivity contribution is 7.89. The average Bonchev–Trinajstić information content (AvgIpc) is 3.44. The number of esters is 1. The van der Waals surface area contributed by atoms with Crippen LogP contribution in [-0.2, 0) is 24.3 Å². The van der Waals surface area contributed by atoms with E-state index in [9.17, 15) is 22.8 Å². The van der Waals surface area contributed by atoms with Gasteiger partial charge in [-0.3, -0.25) is 14.5 Å². The first-order valence-corrected chi connectivity index (χ1v) is 13.9. The van der Waals surface area contributed by atoms with E-state index in [1.54, 1.807) is 36.9 Å². The summed E-state index contributed by atoms with van der Waals surface area (Å²) < 4.78 is 35.4. The molecule has 0 spiro atoms. The van der Waals surface area contributed by atoms with Crippen LogP contribution in [0.1, 0.15) is 35.0 Å². The van der Waals surface area contributed by atoms with Gasteiger partial charge in [-0.25, -0.2) is 13.2 Å². The van der Waals surface area contributed by atoms with Crippen LogP contribution < -0.4 is 14.9 Å². The summed E-state index contributed by atoms with van der Waals surface area (Å²) in [5.74, 6) is -1.48. The van der Waals surface area contributed by atoms with Gasteiger partial charge >= 0.3 is 5.97 Å². The Bertz CT molecular complexity index is 1270. The second-order valence-corrected chi connectivity index (χ2v) is 11.8. The Morgan fingerprint density at radius 2 is 1.95 bits per heavy atom. The van der Waals surface area contributed by atoms with E-state index < -0.39 is 34.1 Å². The molecule has 0 radical (unpaired) electrons. The van der Waals surface area contributed by atoms with Gasteiger partial charge in [-0.05, 0) is 64.2 Å². The summed E-state index contributed by atoms with van der Waals surface area (Å²) in [7, 11) is -1.34. The van der Waals surface area contributed by atoms with Crippen molar-refractivity contribution in [2.75, 3.05) is 38.7 Å². The normalized spacial score (nSPS) is 15.3. The maximum atomic E-state index is 13.7. The second kappa shape index (κ2) is 12.5. The second-order valence-electron chi connectivity index (χ2n) is 8.42. The fourth-order valence-corrected chi connectivity index (χ4v) is 6.55. The van der Waals surface area contributed by atoms with Crippen LogP contribution in [-0.4, -0.2) is 70.6 Å². The zero-order valence-electron chi connectivity index (χ0n) is 20.9. The highest BCUT2D eigenvalue weighted by Crippen LogP contribution is 2.30. The van der Waals surface area contributed by atoms with Crippen molar-refractivity contribution in [1.82, 2.24) is 14.9 Å². The lowest BCUT2D eigenvalue weighted by Gasteiger charge is -2.37. The monoisotopic (exact) mass is 592 g/mol. The zero-order chi connectivity index (χ0) is 26.7. The maximum Gasteiger partial charge on any atom is 0.344 e. The Balaban J connectivity index is 0.00000481. The summed E-state index contributed by atoms with van der Waals surface area (Å²) in [6.07, 6.45) is 1.09. The molecule has 37 heavy (non-hydrogen) atoms. The van der Waals surface area contributed by atoms with Gasteiger partial charge in [0.15, 0.2) is 0 Å². The third kappa shape index (κ3) is 6.62. The number of amides is 2. The molecule has 0 aliphatic carbocycles. The maximum absolute atomic E-state index is 13.7. The van der Waals surface area contributed by atoms with Gasteiger partial charge in [0.25, 0.3) is 5.91 Å². The van der Waals surface area contributed by atoms with Crippen molar-refractivity contribution in [2.24, 2.45) is 0 Å². The summed E-state index contributed by atoms with van der Waals surface area (Å²) in [4.78, 5) is 41.2. The van der Waals surface area contributed by atoms with Crippen molar-refractivity contribution in [3.05, 3.63) is 45.1 Å². The number of benzene rings is 1. The van der Waals surface area contributed by atoms with Gasteiger partial charge in [0.1, 0.15) is 0 Å². The van der Waals surface area contributed by atoms with Crippen molar-refractivity contribution in [3.63, 3.8) is 0 Å². The van der Waals surface area contributed by atoms with E-state index in [1.807, 2.05) is 0 Å². The number of hydrogen-bond donors (Lipinski definition) is 2. The van der Waals surface area contributed by atoms with Crippen LogP contribution in [0.25, 0.3) is 0 Å². The quantitative estimate of drug-likeness (QED) is 0.321. The number of nitrogens with zero attached hydrogens (tertiary/aromatic N) is 2. The Morgan fingerprint density at radius 3 is 2.49 bits per heavy atom. The van der Waals surface area contributed by atoms with Crippen LogP contribution in [0.2, 0.25) is 4.34 Å². The number of thiophene rings is 1. The van der Waals surface area contributed by atoms with E-state index in [0.717, 1.165) is 11.3 Å². The van der Waals surface area contributed by atoms with E-state index in [0.29, 0.717) is 39.9 Å². The number of carbonyl (C=O) groups excluding carboxylic acids is 3. The largest absolute Gasteiger partial charge is 0.464 e. The van der Waals surface area contributed by atoms with Crippen LogP contribution in [0, 0.1) is 6.92 Å². The van der Waals surface area contributed by atoms with Crippen molar-refractivity contribution in [3.8, 4) is 0 Å². The fraction of sp³-hybridized carbons (Fsp3) is 0.435. The summed E-state index contributed by atoms with van der Waals surface area (Å²) in [6.45, 7) is 3.28. The number of ether oxygens (including phenoxy) is 1. The average molecular weight is 594 g/mol. The molecule has 1 aliphatic rings. The van der Waals surface area contributed by atoms with E-state index in [2.05, 4.69) is 10.0 Å². The predicted octanol–water partition coefficient (Wildman–Crippen LogP) is 2.79. The number of sulfonamides is 1. The number of hydrogen-bond acceptors (Lipinski definition) is 8. The van der Waals surface area contributed by atoms with Crippen molar-refractivity contribution >= 4 is 68.8 Å². The van der Waals surface area contributed by atoms with E-state index in [-0.39, 0.29) is 29.8 Å². The molecule has 1 aromatic carbocycles. The van der Waals surface area contributed by atoms with E-state index >= 15 is 0 Å². The van der Waals surface area contributed by atoms with Crippen LogP contribution in [0.4, 0.5) is 5.69 Å². The smallest absolute Gasteiger partial charge is 0.344 e. The molecule has 2 amide bonds. The van der Waals surface area contributed by atoms with Gasteiger partial charge in [0.2, 0.25) is 21.6 Å². The minimum Gasteiger partial charge on any atom is -0.464 e. The minimum atomic E-state index is -4.34. The van der Waals surface area contributed by atoms with E-state index in [1.165, 1.54) is 31.1 Å². The molecule has 1 aromatic heterocycles. The van der Waals surface area contributed by atoms with Crippen LogP contribution >= 0.6 is 35.3 Å². The van der Waals surface area contributed by atoms with Crippen molar-refractivity contribution < 1.29 is 27.5 Å². The van der Waals surface area contributed by atoms with Crippen LogP contribution in [0.5, 0.6) is 0 Å². The summed E-state index contributed by atoms with van der Waals surface area (Å²) in [5, 5.41) is 2.61. The van der Waals surface area contributed by atoms with E-state index in [4.69, 9.17) is 16.3 Å². The molecule has 1 atom stereocenters. The molecule has 2 heterocycles. The molecule has 1 saturated heterocycles. The lowest BCUT2D eigenvalue weighted by atomic mass is 10.1. The number of anilines is 1. The van der Waals surface area contributed by atoms with Crippen molar-refractivity contribution in [1.29, 1.82) is 0 Å². The standard InChI is InChI=1S/C23H29ClN4O6S2.ClH/c1-5-34-22(31)23(27(3)4,14-25-21(30)17-11-12-19(24)35-17)26-36(32,33)18-9-6-8-16(15(18)2)28-13-7-10-20(28)29;/h6,8-9,11-12,26H,5,7,10,13-14H2,1-4H3,(H,25,30);1H/t23-;/m1./s1. The first kappa shape index (κ1) is 31.0. The van der Waals surface area contributed by atoms with Gasteiger partial charge in [-0.15, -0.1) is 23.7 Å². The molecule has 3 rings (SSSR count). The first-order chi connectivity index (χ1) is 16.9. The third-order valence-electron chi connectivity index (χ3n) is 5.89. The summed E-state index contributed by atoms with van der Waals surface area (Å²) >= 11 is 6.97. The molecule has 204 valence electrons. The first-order valence-electron chi connectivity index (χ1n) is 11.2. The molecular weight excluding hydrogens is 563 g/mol. The topological polar surface area (TPSA) is 125 Å². The lowest BCUT2D eigenvalue weighted by Crippen LogP contribution is -2.68. The molecule has 2 aromatic rings. The van der Waals surface area contributed by atoms with Crippen molar-refractivity contribution in [2.45, 2.75) is 37.2 Å². The Hall–Kier alpha value is -2.22. The Morgan fingerprint density at radius 1 is 1.24 bits per heavy atom. The molecule has 0 unspecified atom stereocenters. The number of carbonyl (C=O) groups is 3. The van der Waals surface area contributed by atoms with Crippen LogP contribution in [0.15, 0.2) is 35.2 Å². The highest BCUT2D eigenvalue weighted by atomic mass is 35.5. The number of rotatable bonds is 10. The molecular formula is C23H30Cl2N4O6S2. The lowest BCUT2D eigenvalue weighted by molar-refractivity contribution is -0.157. The summed E-state index contributed by atoms with van der Waals surface area (Å²) in [5.41, 5.74) is -1.10. The zero-order valence-corrected chi connectivity index (χ0v) is 24.1. The number of halogens is 2. The minimum absolute atomic E-state index is 0. The van der Waals surface area contributed by atoms with Gasteiger partial charge < -0.3 is 15.0 Å². The fourth-order valence-electron chi connectivity index (χ4n) is 3.93. The molecule has 0 saturated carbocycles. The number of nitrogens with one attached hydrogen (secondary N) is 2. The predicted molar refractivity (Wildman–Crippen MR) is 145 cm³/mol. The molecule has 14 heteroatoms. The summed E-state index contributed by atoms with van der Waals surface area (Å²) in [6, 6.07) is 7.73. The van der Waals surface area contributed by atoms with Crippen LogP contribution in [0.3, 0.4) is 0 Å². The molecule has 0 bridgehead atoms. The highest BCUT2D eigenvalue weighted by Gasteiger charge is 2.47. The van der Waals surface area contributed by atoms with Gasteiger partial charge in [-0.2, -0.15) is 4.72 Å². The SMILES string of the molecule is CCOC(=O)[C@](CNC(=O)c1ccc(Cl)s1)(NS(=O)(=O)c1cccc(N2CCCC2=O)c1C)N(C)C.Cl. The Kier molecular flexibility index (Phi) is 10.5. The molecule has 1 aliphatic heterocycles. The third-order valence-corrected chi connectivity index (χ3v) is 8.75. The molecule has 1 fully saturated rings. The van der Waals surface area contributed by atoms with Gasteiger partial charge in [0.05, 0.1) is 27.3 Å². The molecule has 10 nitrogen and oxygen atoms in total. The number of likely N-dealkylation sites (N-methyl/N-ethyl adjacent to an activating group) is 1.